The first-order valence-corrected chi connectivity index (χ1v) is 8.68. The highest BCUT2D eigenvalue weighted by Crippen LogP contribution is 2.17. The molecule has 0 saturated carbocycles. The molecule has 0 aliphatic heterocycles. The Labute approximate surface area is 132 Å². The van der Waals surface area contributed by atoms with E-state index in [1.165, 1.54) is 10.4 Å². The van der Waals surface area contributed by atoms with Crippen LogP contribution in [0.4, 0.5) is 0 Å². The van der Waals surface area contributed by atoms with Gasteiger partial charge in [0.25, 0.3) is 0 Å². The van der Waals surface area contributed by atoms with Crippen LogP contribution in [-0.4, -0.2) is 56.3 Å². The molecule has 7 heteroatoms. The Morgan fingerprint density at radius 1 is 1.29 bits per heavy atom. The first kappa shape index (κ1) is 18.0. The van der Waals surface area contributed by atoms with Gasteiger partial charge in [-0.3, -0.25) is 0 Å². The summed E-state index contributed by atoms with van der Waals surface area (Å²) in [6.45, 7) is 3.62. The fourth-order valence-corrected chi connectivity index (χ4v) is 3.63. The third-order valence-corrected chi connectivity index (χ3v) is 5.33. The molecule has 118 valence electrons. The minimum Gasteiger partial charge on any atom is -0.389 e. The Kier molecular flexibility index (Phi) is 6.73. The van der Waals surface area contributed by atoms with Crippen molar-refractivity contribution in [1.82, 2.24) is 9.21 Å². The van der Waals surface area contributed by atoms with E-state index in [1.807, 2.05) is 25.9 Å². The second kappa shape index (κ2) is 7.84. The third kappa shape index (κ3) is 5.03. The van der Waals surface area contributed by atoms with Crippen LogP contribution >= 0.6 is 12.2 Å². The molecule has 0 aliphatic carbocycles. The summed E-state index contributed by atoms with van der Waals surface area (Å²) in [7, 11) is 0.432. The molecule has 0 amide bonds. The quantitative estimate of drug-likeness (QED) is 0.728. The highest BCUT2D eigenvalue weighted by Gasteiger charge is 2.23. The van der Waals surface area contributed by atoms with Crippen LogP contribution < -0.4 is 5.73 Å². The normalized spacial score (nSPS) is 12.0. The fourth-order valence-electron chi connectivity index (χ4n) is 1.97. The average Bonchev–Trinajstić information content (AvgIpc) is 2.43. The molecule has 0 aliphatic rings. The molecule has 0 atom stereocenters. The van der Waals surface area contributed by atoms with E-state index in [0.717, 1.165) is 13.0 Å². The standard InChI is InChI=1S/C14H23N3O2S2/c1-4-17(10-6-9-16(2)3)21(18,19)13-8-5-7-12(11-13)14(15)20/h5,7-8,11H,4,6,9-10H2,1-3H3,(H2,15,20). The molecule has 1 aromatic rings. The summed E-state index contributed by atoms with van der Waals surface area (Å²) in [4.78, 5) is 2.47. The van der Waals surface area contributed by atoms with Gasteiger partial charge in [0.15, 0.2) is 0 Å². The van der Waals surface area contributed by atoms with Crippen LogP contribution in [0.15, 0.2) is 29.2 Å². The Morgan fingerprint density at radius 3 is 2.48 bits per heavy atom. The summed E-state index contributed by atoms with van der Waals surface area (Å²) < 4.78 is 26.8. The summed E-state index contributed by atoms with van der Waals surface area (Å²) in [5.74, 6) is 0. The molecule has 2 N–H and O–H groups in total. The Morgan fingerprint density at radius 2 is 1.95 bits per heavy atom. The van der Waals surface area contributed by atoms with Crippen LogP contribution in [0.1, 0.15) is 18.9 Å². The molecule has 0 saturated heterocycles. The van der Waals surface area contributed by atoms with Crippen molar-refractivity contribution in [3.63, 3.8) is 0 Å². The molecule has 1 aromatic carbocycles. The van der Waals surface area contributed by atoms with Gasteiger partial charge in [-0.15, -0.1) is 0 Å². The lowest BCUT2D eigenvalue weighted by atomic mass is 10.2. The zero-order valence-electron chi connectivity index (χ0n) is 12.7. The molecular formula is C14H23N3O2S2. The monoisotopic (exact) mass is 329 g/mol. The Balaban J connectivity index is 2.96. The van der Waals surface area contributed by atoms with Crippen LogP contribution in [0.2, 0.25) is 0 Å². The predicted molar refractivity (Wildman–Crippen MR) is 89.9 cm³/mol. The van der Waals surface area contributed by atoms with E-state index in [2.05, 4.69) is 0 Å². The molecule has 0 spiro atoms. The maximum Gasteiger partial charge on any atom is 0.243 e. The van der Waals surface area contributed by atoms with Gasteiger partial charge in [0.2, 0.25) is 10.0 Å². The van der Waals surface area contributed by atoms with Crippen molar-refractivity contribution in [3.05, 3.63) is 29.8 Å². The maximum absolute atomic E-state index is 12.6. The van der Waals surface area contributed by atoms with Gasteiger partial charge in [-0.05, 0) is 39.2 Å². The van der Waals surface area contributed by atoms with Gasteiger partial charge in [0, 0.05) is 18.7 Å². The second-order valence-electron chi connectivity index (χ2n) is 5.05. The van der Waals surface area contributed by atoms with Crippen molar-refractivity contribution < 1.29 is 8.42 Å². The molecule has 0 unspecified atom stereocenters. The number of rotatable bonds is 8. The van der Waals surface area contributed by atoms with Crippen LogP contribution in [0.25, 0.3) is 0 Å². The van der Waals surface area contributed by atoms with Gasteiger partial charge in [0.05, 0.1) is 4.90 Å². The maximum atomic E-state index is 12.6. The van der Waals surface area contributed by atoms with Crippen LogP contribution in [0.5, 0.6) is 0 Å². The zero-order chi connectivity index (χ0) is 16.0. The largest absolute Gasteiger partial charge is 0.389 e. The molecule has 0 heterocycles. The molecular weight excluding hydrogens is 306 g/mol. The average molecular weight is 329 g/mol. The van der Waals surface area contributed by atoms with Gasteiger partial charge in [-0.2, -0.15) is 4.31 Å². The number of hydrogen-bond donors (Lipinski definition) is 1. The number of nitrogens with zero attached hydrogens (tertiary/aromatic N) is 2. The summed E-state index contributed by atoms with van der Waals surface area (Å²) in [6.07, 6.45) is 0.787. The summed E-state index contributed by atoms with van der Waals surface area (Å²) >= 11 is 4.90. The third-order valence-electron chi connectivity index (χ3n) is 3.12. The van der Waals surface area contributed by atoms with E-state index in [1.54, 1.807) is 18.2 Å². The van der Waals surface area contributed by atoms with Crippen LogP contribution in [0.3, 0.4) is 0 Å². The van der Waals surface area contributed by atoms with Gasteiger partial charge in [-0.25, -0.2) is 8.42 Å². The molecule has 0 fully saturated rings. The van der Waals surface area contributed by atoms with E-state index >= 15 is 0 Å². The summed E-state index contributed by atoms with van der Waals surface area (Å²) in [5, 5.41) is 0. The summed E-state index contributed by atoms with van der Waals surface area (Å²) in [5.41, 5.74) is 6.13. The van der Waals surface area contributed by atoms with E-state index in [0.29, 0.717) is 18.7 Å². The van der Waals surface area contributed by atoms with E-state index in [4.69, 9.17) is 18.0 Å². The Bertz CT molecular complexity index is 586. The fraction of sp³-hybridized carbons (Fsp3) is 0.500. The molecule has 0 bridgehead atoms. The first-order chi connectivity index (χ1) is 9.78. The number of sulfonamides is 1. The Hall–Kier alpha value is -1.02. The lowest BCUT2D eigenvalue weighted by Gasteiger charge is -2.21. The smallest absolute Gasteiger partial charge is 0.243 e. The van der Waals surface area contributed by atoms with Crippen molar-refractivity contribution in [2.24, 2.45) is 5.73 Å². The topological polar surface area (TPSA) is 66.6 Å². The zero-order valence-corrected chi connectivity index (χ0v) is 14.4. The predicted octanol–water partition coefficient (Wildman–Crippen LogP) is 1.28. The number of hydrogen-bond acceptors (Lipinski definition) is 4. The highest BCUT2D eigenvalue weighted by atomic mass is 32.2. The van der Waals surface area contributed by atoms with Crippen molar-refractivity contribution >= 4 is 27.2 Å². The molecule has 21 heavy (non-hydrogen) atoms. The van der Waals surface area contributed by atoms with Crippen molar-refractivity contribution in [3.8, 4) is 0 Å². The minimum atomic E-state index is -3.51. The van der Waals surface area contributed by atoms with Crippen molar-refractivity contribution in [2.75, 3.05) is 33.7 Å². The van der Waals surface area contributed by atoms with Crippen molar-refractivity contribution in [1.29, 1.82) is 0 Å². The van der Waals surface area contributed by atoms with E-state index in [-0.39, 0.29) is 9.88 Å². The second-order valence-corrected chi connectivity index (χ2v) is 7.42. The number of nitrogens with two attached hydrogens (primary N) is 1. The van der Waals surface area contributed by atoms with Crippen LogP contribution in [0, 0.1) is 0 Å². The number of benzene rings is 1. The van der Waals surface area contributed by atoms with Crippen molar-refractivity contribution in [2.45, 2.75) is 18.2 Å². The van der Waals surface area contributed by atoms with Gasteiger partial charge >= 0.3 is 0 Å². The summed E-state index contributed by atoms with van der Waals surface area (Å²) in [6, 6.07) is 6.48. The number of thiocarbonyl (C=S) groups is 1. The molecule has 0 radical (unpaired) electrons. The first-order valence-electron chi connectivity index (χ1n) is 6.83. The lowest BCUT2D eigenvalue weighted by molar-refractivity contribution is 0.356. The van der Waals surface area contributed by atoms with E-state index in [9.17, 15) is 8.42 Å². The molecule has 5 nitrogen and oxygen atoms in total. The lowest BCUT2D eigenvalue weighted by Crippen LogP contribution is -2.33. The van der Waals surface area contributed by atoms with Crippen LogP contribution in [-0.2, 0) is 10.0 Å². The SMILES string of the molecule is CCN(CCCN(C)C)S(=O)(=O)c1cccc(C(N)=S)c1. The minimum absolute atomic E-state index is 0.197. The van der Waals surface area contributed by atoms with Gasteiger partial charge in [0.1, 0.15) is 4.99 Å². The van der Waals surface area contributed by atoms with Gasteiger partial charge in [-0.1, -0.05) is 31.3 Å². The van der Waals surface area contributed by atoms with Gasteiger partial charge < -0.3 is 10.6 Å². The highest BCUT2D eigenvalue weighted by molar-refractivity contribution is 7.89. The van der Waals surface area contributed by atoms with E-state index < -0.39 is 10.0 Å². The molecule has 1 rings (SSSR count). The molecule has 0 aromatic heterocycles.